The van der Waals surface area contributed by atoms with Crippen molar-refractivity contribution in [3.8, 4) is 11.4 Å². The molecule has 5 nitrogen and oxygen atoms in total. The van der Waals surface area contributed by atoms with Crippen LogP contribution in [0, 0.1) is 5.82 Å². The highest BCUT2D eigenvalue weighted by molar-refractivity contribution is 5.57. The lowest BCUT2D eigenvalue weighted by molar-refractivity contribution is -0.137. The summed E-state index contributed by atoms with van der Waals surface area (Å²) in [6, 6.07) is 7.41. The van der Waals surface area contributed by atoms with Crippen molar-refractivity contribution in [2.45, 2.75) is 12.2 Å². The fraction of sp³-hybridized carbons (Fsp3) is 0.167. The molecule has 140 valence electrons. The van der Waals surface area contributed by atoms with E-state index >= 15 is 0 Å². The Labute approximate surface area is 151 Å². The van der Waals surface area contributed by atoms with E-state index < -0.39 is 23.6 Å². The number of rotatable bonds is 5. The normalized spacial score (nSPS) is 12.6. The van der Waals surface area contributed by atoms with Gasteiger partial charge < -0.3 is 10.4 Å². The van der Waals surface area contributed by atoms with E-state index in [9.17, 15) is 22.7 Å². The summed E-state index contributed by atoms with van der Waals surface area (Å²) in [6.45, 7) is -0.296. The summed E-state index contributed by atoms with van der Waals surface area (Å²) in [5.41, 5.74) is -0.169. The number of aromatic nitrogens is 3. The molecule has 0 spiro atoms. The summed E-state index contributed by atoms with van der Waals surface area (Å²) in [5.74, 6) is -0.0630. The van der Waals surface area contributed by atoms with Crippen LogP contribution in [0.5, 0.6) is 0 Å². The van der Waals surface area contributed by atoms with Crippen molar-refractivity contribution in [3.63, 3.8) is 0 Å². The van der Waals surface area contributed by atoms with Crippen LogP contribution in [-0.2, 0) is 6.18 Å². The third-order valence-corrected chi connectivity index (χ3v) is 3.76. The van der Waals surface area contributed by atoms with E-state index in [4.69, 9.17) is 0 Å². The Kier molecular flexibility index (Phi) is 5.31. The van der Waals surface area contributed by atoms with Crippen LogP contribution in [0.1, 0.15) is 17.2 Å². The van der Waals surface area contributed by atoms with Crippen molar-refractivity contribution in [2.75, 3.05) is 11.9 Å². The zero-order valence-corrected chi connectivity index (χ0v) is 13.8. The smallest absolute Gasteiger partial charge is 0.394 e. The molecule has 1 unspecified atom stereocenters. The predicted octanol–water partition coefficient (Wildman–Crippen LogP) is 3.84. The highest BCUT2D eigenvalue weighted by atomic mass is 19.4. The molecule has 0 radical (unpaired) electrons. The highest BCUT2D eigenvalue weighted by Crippen LogP contribution is 2.30. The Morgan fingerprint density at radius 2 is 1.81 bits per heavy atom. The third-order valence-electron chi connectivity index (χ3n) is 3.76. The Morgan fingerprint density at radius 3 is 2.48 bits per heavy atom. The molecule has 1 aromatic carbocycles. The number of nitrogens with zero attached hydrogens (tertiary/aromatic N) is 3. The Balaban J connectivity index is 1.86. The number of hydrogen-bond donors (Lipinski definition) is 2. The minimum absolute atomic E-state index is 0.0504. The van der Waals surface area contributed by atoms with E-state index in [1.807, 2.05) is 0 Å². The number of alkyl halides is 3. The summed E-state index contributed by atoms with van der Waals surface area (Å²) >= 11 is 0. The first-order valence-electron chi connectivity index (χ1n) is 7.85. The van der Waals surface area contributed by atoms with Crippen LogP contribution in [0.3, 0.4) is 0 Å². The molecule has 2 aromatic heterocycles. The standard InChI is InChI=1S/C18H14F4N4O/c19-14-3-1-11(2-4-14)15(10-27)25-16-5-6-24-17(26-16)12-7-13(9-23-8-12)18(20,21)22/h1-9,15,27H,10H2,(H,24,25,26). The van der Waals surface area contributed by atoms with Gasteiger partial charge in [-0.25, -0.2) is 14.4 Å². The van der Waals surface area contributed by atoms with Gasteiger partial charge in [-0.15, -0.1) is 0 Å². The van der Waals surface area contributed by atoms with Crippen molar-refractivity contribution >= 4 is 5.82 Å². The largest absolute Gasteiger partial charge is 0.417 e. The lowest BCUT2D eigenvalue weighted by Crippen LogP contribution is -2.16. The van der Waals surface area contributed by atoms with E-state index in [1.165, 1.54) is 42.7 Å². The van der Waals surface area contributed by atoms with E-state index in [0.29, 0.717) is 11.4 Å². The second-order valence-electron chi connectivity index (χ2n) is 5.66. The second-order valence-corrected chi connectivity index (χ2v) is 5.66. The lowest BCUT2D eigenvalue weighted by atomic mass is 10.1. The van der Waals surface area contributed by atoms with Crippen molar-refractivity contribution in [1.29, 1.82) is 0 Å². The molecular weight excluding hydrogens is 364 g/mol. The van der Waals surface area contributed by atoms with Crippen LogP contribution in [0.25, 0.3) is 11.4 Å². The molecule has 0 aliphatic heterocycles. The fourth-order valence-electron chi connectivity index (χ4n) is 2.40. The zero-order chi connectivity index (χ0) is 19.4. The molecule has 2 heterocycles. The van der Waals surface area contributed by atoms with Gasteiger partial charge in [0.05, 0.1) is 18.2 Å². The number of benzene rings is 1. The minimum atomic E-state index is -4.52. The van der Waals surface area contributed by atoms with Gasteiger partial charge in [-0.2, -0.15) is 13.2 Å². The van der Waals surface area contributed by atoms with Crippen LogP contribution in [0.4, 0.5) is 23.4 Å². The molecule has 0 amide bonds. The number of pyridine rings is 1. The van der Waals surface area contributed by atoms with Crippen LogP contribution in [0.15, 0.2) is 55.0 Å². The van der Waals surface area contributed by atoms with E-state index in [1.54, 1.807) is 0 Å². The van der Waals surface area contributed by atoms with Gasteiger partial charge in [0.2, 0.25) is 0 Å². The van der Waals surface area contributed by atoms with Crippen LogP contribution >= 0.6 is 0 Å². The molecule has 0 saturated carbocycles. The highest BCUT2D eigenvalue weighted by Gasteiger charge is 2.31. The number of anilines is 1. The van der Waals surface area contributed by atoms with Crippen LogP contribution in [0.2, 0.25) is 0 Å². The molecule has 0 bridgehead atoms. The Bertz CT molecular complexity index is 916. The maximum absolute atomic E-state index is 13.0. The van der Waals surface area contributed by atoms with Crippen molar-refractivity contribution in [1.82, 2.24) is 15.0 Å². The summed E-state index contributed by atoms with van der Waals surface area (Å²) < 4.78 is 51.6. The summed E-state index contributed by atoms with van der Waals surface area (Å²) in [7, 11) is 0. The minimum Gasteiger partial charge on any atom is -0.394 e. The van der Waals surface area contributed by atoms with Crippen molar-refractivity contribution in [2.24, 2.45) is 0 Å². The average molecular weight is 378 g/mol. The van der Waals surface area contributed by atoms with Gasteiger partial charge in [-0.3, -0.25) is 4.98 Å². The Hall–Kier alpha value is -3.07. The van der Waals surface area contributed by atoms with E-state index in [0.717, 1.165) is 12.3 Å². The van der Waals surface area contributed by atoms with E-state index in [-0.39, 0.29) is 18.0 Å². The summed E-state index contributed by atoms with van der Waals surface area (Å²) in [6.07, 6.45) is -1.19. The lowest BCUT2D eigenvalue weighted by Gasteiger charge is -2.17. The van der Waals surface area contributed by atoms with Gasteiger partial charge in [0.25, 0.3) is 0 Å². The quantitative estimate of drug-likeness (QED) is 0.660. The van der Waals surface area contributed by atoms with E-state index in [2.05, 4.69) is 20.3 Å². The van der Waals surface area contributed by atoms with Gasteiger partial charge in [-0.05, 0) is 29.8 Å². The third kappa shape index (κ3) is 4.56. The first-order valence-corrected chi connectivity index (χ1v) is 7.85. The van der Waals surface area contributed by atoms with Crippen molar-refractivity contribution < 1.29 is 22.7 Å². The topological polar surface area (TPSA) is 70.9 Å². The van der Waals surface area contributed by atoms with Crippen LogP contribution in [-0.4, -0.2) is 26.7 Å². The molecule has 3 aromatic rings. The molecule has 1 atom stereocenters. The molecule has 0 aliphatic carbocycles. The maximum atomic E-state index is 13.0. The van der Waals surface area contributed by atoms with Crippen molar-refractivity contribution in [3.05, 3.63) is 71.9 Å². The van der Waals surface area contributed by atoms with Gasteiger partial charge in [0.15, 0.2) is 5.82 Å². The zero-order valence-electron chi connectivity index (χ0n) is 13.8. The molecule has 0 aliphatic rings. The average Bonchev–Trinajstić information content (AvgIpc) is 2.66. The fourth-order valence-corrected chi connectivity index (χ4v) is 2.40. The predicted molar refractivity (Wildman–Crippen MR) is 90.1 cm³/mol. The monoisotopic (exact) mass is 378 g/mol. The molecule has 0 saturated heterocycles. The van der Waals surface area contributed by atoms with Gasteiger partial charge in [0.1, 0.15) is 11.6 Å². The van der Waals surface area contributed by atoms with Gasteiger partial charge in [-0.1, -0.05) is 12.1 Å². The maximum Gasteiger partial charge on any atom is 0.417 e. The number of aliphatic hydroxyl groups excluding tert-OH is 1. The van der Waals surface area contributed by atoms with Gasteiger partial charge >= 0.3 is 6.18 Å². The number of hydrogen-bond acceptors (Lipinski definition) is 5. The summed E-state index contributed by atoms with van der Waals surface area (Å²) in [5, 5.41) is 12.5. The number of nitrogens with one attached hydrogen (secondary N) is 1. The second kappa shape index (κ2) is 7.67. The number of aliphatic hydroxyl groups is 1. The molecule has 0 fully saturated rings. The molecule has 2 N–H and O–H groups in total. The first kappa shape index (κ1) is 18.7. The molecule has 27 heavy (non-hydrogen) atoms. The molecule has 3 rings (SSSR count). The van der Waals surface area contributed by atoms with Gasteiger partial charge in [0, 0.05) is 24.2 Å². The SMILES string of the molecule is OCC(Nc1ccnc(-c2cncc(C(F)(F)F)c2)n1)c1ccc(F)cc1. The Morgan fingerprint density at radius 1 is 1.07 bits per heavy atom. The molecular formula is C18H14F4N4O. The van der Waals surface area contributed by atoms with Crippen LogP contribution < -0.4 is 5.32 Å². The molecule has 9 heteroatoms. The first-order chi connectivity index (χ1) is 12.9. The number of halogens is 4. The summed E-state index contributed by atoms with van der Waals surface area (Å²) in [4.78, 5) is 11.8.